The summed E-state index contributed by atoms with van der Waals surface area (Å²) < 4.78 is 0. The van der Waals surface area contributed by atoms with Crippen LogP contribution in [0.3, 0.4) is 0 Å². The number of hydrogen-bond acceptors (Lipinski definition) is 3. The number of likely N-dealkylation sites (N-methyl/N-ethyl adjacent to an activating group) is 1. The Kier molecular flexibility index (Phi) is 6.84. The lowest BCUT2D eigenvalue weighted by atomic mass is 9.99. The molecule has 1 aliphatic rings. The topological polar surface area (TPSA) is 18.8 Å². The third-order valence-corrected chi connectivity index (χ3v) is 5.15. The van der Waals surface area contributed by atoms with Gasteiger partial charge in [-0.05, 0) is 43.6 Å². The number of aliphatic imine (C=N–C) groups is 1. The standard InChI is InChI=1S/C23H31N3/c1-3-5-18-25(4-2)19-23-24-17-16-22(20-12-8-6-9-13-20)26(23)21-14-10-7-11-15-21/h6-15,22H,3-5,16-19H2,1-2H3. The van der Waals surface area contributed by atoms with Crippen molar-refractivity contribution in [3.05, 3.63) is 66.2 Å². The van der Waals surface area contributed by atoms with Gasteiger partial charge in [-0.1, -0.05) is 68.8 Å². The predicted molar refractivity (Wildman–Crippen MR) is 112 cm³/mol. The largest absolute Gasteiger partial charge is 0.321 e. The number of hydrogen-bond donors (Lipinski definition) is 0. The summed E-state index contributed by atoms with van der Waals surface area (Å²) >= 11 is 0. The molecule has 0 fully saturated rings. The Morgan fingerprint density at radius 3 is 2.35 bits per heavy atom. The number of amidine groups is 1. The highest BCUT2D eigenvalue weighted by Gasteiger charge is 2.28. The van der Waals surface area contributed by atoms with Gasteiger partial charge in [0.25, 0.3) is 0 Å². The first-order valence-electron chi connectivity index (χ1n) is 9.98. The van der Waals surface area contributed by atoms with Crippen molar-refractivity contribution >= 4 is 11.5 Å². The van der Waals surface area contributed by atoms with Crippen molar-refractivity contribution in [2.75, 3.05) is 31.1 Å². The average molecular weight is 350 g/mol. The summed E-state index contributed by atoms with van der Waals surface area (Å²) in [6, 6.07) is 22.0. The minimum absolute atomic E-state index is 0.357. The van der Waals surface area contributed by atoms with Gasteiger partial charge in [-0.3, -0.25) is 9.89 Å². The van der Waals surface area contributed by atoms with Crippen LogP contribution in [-0.2, 0) is 0 Å². The van der Waals surface area contributed by atoms with Crippen molar-refractivity contribution in [1.29, 1.82) is 0 Å². The lowest BCUT2D eigenvalue weighted by molar-refractivity contribution is 0.319. The summed E-state index contributed by atoms with van der Waals surface area (Å²) in [7, 11) is 0. The molecule has 0 bridgehead atoms. The fraction of sp³-hybridized carbons (Fsp3) is 0.435. The molecule has 0 aliphatic carbocycles. The van der Waals surface area contributed by atoms with Gasteiger partial charge in [0.1, 0.15) is 5.84 Å². The summed E-state index contributed by atoms with van der Waals surface area (Å²) in [5.74, 6) is 1.20. The van der Waals surface area contributed by atoms with Gasteiger partial charge in [0.05, 0.1) is 12.6 Å². The fourth-order valence-corrected chi connectivity index (χ4v) is 3.67. The lowest BCUT2D eigenvalue weighted by Gasteiger charge is -2.39. The van der Waals surface area contributed by atoms with Crippen LogP contribution in [0.4, 0.5) is 5.69 Å². The number of nitrogens with zero attached hydrogens (tertiary/aromatic N) is 3. The maximum Gasteiger partial charge on any atom is 0.118 e. The highest BCUT2D eigenvalue weighted by molar-refractivity contribution is 6.00. The molecule has 1 aliphatic heterocycles. The quantitative estimate of drug-likeness (QED) is 0.655. The van der Waals surface area contributed by atoms with Crippen LogP contribution in [0.25, 0.3) is 0 Å². The minimum atomic E-state index is 0.357. The molecule has 1 heterocycles. The molecule has 3 heteroatoms. The predicted octanol–water partition coefficient (Wildman–Crippen LogP) is 5.16. The number of benzene rings is 2. The van der Waals surface area contributed by atoms with Gasteiger partial charge in [0.15, 0.2) is 0 Å². The SMILES string of the molecule is CCCCN(CC)CC1=NCCC(c2ccccc2)N1c1ccccc1. The molecule has 0 saturated carbocycles. The van der Waals surface area contributed by atoms with Crippen LogP contribution < -0.4 is 4.90 Å². The zero-order valence-electron chi connectivity index (χ0n) is 16.1. The molecule has 26 heavy (non-hydrogen) atoms. The first kappa shape index (κ1) is 18.7. The van der Waals surface area contributed by atoms with Crippen LogP contribution in [-0.4, -0.2) is 36.9 Å². The van der Waals surface area contributed by atoms with E-state index in [2.05, 4.69) is 84.3 Å². The van der Waals surface area contributed by atoms with Crippen molar-refractivity contribution < 1.29 is 0 Å². The lowest BCUT2D eigenvalue weighted by Crippen LogP contribution is -2.45. The van der Waals surface area contributed by atoms with Gasteiger partial charge >= 0.3 is 0 Å². The van der Waals surface area contributed by atoms with Gasteiger partial charge in [-0.15, -0.1) is 0 Å². The molecule has 0 spiro atoms. The van der Waals surface area contributed by atoms with Gasteiger partial charge in [0, 0.05) is 12.2 Å². The molecule has 1 unspecified atom stereocenters. The fourth-order valence-electron chi connectivity index (χ4n) is 3.67. The third-order valence-electron chi connectivity index (χ3n) is 5.15. The Bertz CT molecular complexity index is 681. The number of para-hydroxylation sites is 1. The van der Waals surface area contributed by atoms with Crippen LogP contribution in [0.5, 0.6) is 0 Å². The molecule has 0 amide bonds. The van der Waals surface area contributed by atoms with E-state index in [9.17, 15) is 0 Å². The van der Waals surface area contributed by atoms with E-state index in [-0.39, 0.29) is 0 Å². The van der Waals surface area contributed by atoms with Gasteiger partial charge in [-0.25, -0.2) is 0 Å². The van der Waals surface area contributed by atoms with E-state index in [1.165, 1.54) is 29.9 Å². The van der Waals surface area contributed by atoms with Crippen molar-refractivity contribution in [3.8, 4) is 0 Å². The molecule has 0 aromatic heterocycles. The zero-order chi connectivity index (χ0) is 18.2. The van der Waals surface area contributed by atoms with Crippen LogP contribution in [0.15, 0.2) is 65.7 Å². The molecular formula is C23H31N3. The second-order valence-electron chi connectivity index (χ2n) is 6.94. The minimum Gasteiger partial charge on any atom is -0.321 e. The van der Waals surface area contributed by atoms with Gasteiger partial charge in [-0.2, -0.15) is 0 Å². The van der Waals surface area contributed by atoms with E-state index in [1.54, 1.807) is 0 Å². The van der Waals surface area contributed by atoms with Crippen LogP contribution >= 0.6 is 0 Å². The van der Waals surface area contributed by atoms with Crippen molar-refractivity contribution in [1.82, 2.24) is 4.90 Å². The monoisotopic (exact) mass is 349 g/mol. The second kappa shape index (κ2) is 9.54. The van der Waals surface area contributed by atoms with Crippen LogP contribution in [0.1, 0.15) is 44.7 Å². The van der Waals surface area contributed by atoms with E-state index in [1.807, 2.05) is 0 Å². The number of anilines is 1. The van der Waals surface area contributed by atoms with Crippen LogP contribution in [0, 0.1) is 0 Å². The molecular weight excluding hydrogens is 318 g/mol. The molecule has 0 saturated heterocycles. The molecule has 3 rings (SSSR count). The summed E-state index contributed by atoms with van der Waals surface area (Å²) in [4.78, 5) is 9.94. The zero-order valence-corrected chi connectivity index (χ0v) is 16.1. The van der Waals surface area contributed by atoms with E-state index < -0.39 is 0 Å². The highest BCUT2D eigenvalue weighted by Crippen LogP contribution is 2.33. The summed E-state index contributed by atoms with van der Waals surface area (Å²) in [6.07, 6.45) is 3.54. The van der Waals surface area contributed by atoms with Gasteiger partial charge < -0.3 is 4.90 Å². The van der Waals surface area contributed by atoms with E-state index in [0.717, 1.165) is 32.6 Å². The van der Waals surface area contributed by atoms with E-state index >= 15 is 0 Å². The average Bonchev–Trinajstić information content (AvgIpc) is 2.72. The highest BCUT2D eigenvalue weighted by atomic mass is 15.3. The van der Waals surface area contributed by atoms with Gasteiger partial charge in [0.2, 0.25) is 0 Å². The summed E-state index contributed by atoms with van der Waals surface area (Å²) in [5, 5.41) is 0. The molecule has 1 atom stereocenters. The van der Waals surface area contributed by atoms with Crippen molar-refractivity contribution in [3.63, 3.8) is 0 Å². The molecule has 2 aromatic carbocycles. The maximum absolute atomic E-state index is 4.96. The normalized spacial score (nSPS) is 17.4. The number of rotatable bonds is 8. The molecule has 0 N–H and O–H groups in total. The molecule has 2 aromatic rings. The molecule has 3 nitrogen and oxygen atoms in total. The maximum atomic E-state index is 4.96. The Balaban J connectivity index is 1.90. The Morgan fingerprint density at radius 1 is 1.00 bits per heavy atom. The van der Waals surface area contributed by atoms with E-state index in [0.29, 0.717) is 6.04 Å². The van der Waals surface area contributed by atoms with Crippen molar-refractivity contribution in [2.45, 2.75) is 39.2 Å². The van der Waals surface area contributed by atoms with Crippen LogP contribution in [0.2, 0.25) is 0 Å². The molecule has 0 radical (unpaired) electrons. The Labute approximate surface area is 158 Å². The molecule has 138 valence electrons. The van der Waals surface area contributed by atoms with Crippen molar-refractivity contribution in [2.24, 2.45) is 4.99 Å². The Morgan fingerprint density at radius 2 is 1.69 bits per heavy atom. The first-order valence-corrected chi connectivity index (χ1v) is 9.98. The third kappa shape index (κ3) is 4.53. The second-order valence-corrected chi connectivity index (χ2v) is 6.94. The summed E-state index contributed by atoms with van der Waals surface area (Å²) in [6.45, 7) is 8.55. The first-order chi connectivity index (χ1) is 12.8. The van der Waals surface area contributed by atoms with E-state index in [4.69, 9.17) is 4.99 Å². The Hall–Kier alpha value is -2.13. The number of unbranched alkanes of at least 4 members (excludes halogenated alkanes) is 1. The smallest absolute Gasteiger partial charge is 0.118 e. The summed E-state index contributed by atoms with van der Waals surface area (Å²) in [5.41, 5.74) is 2.62.